The van der Waals surface area contributed by atoms with Crippen LogP contribution in [-0.4, -0.2) is 46.5 Å². The second-order valence-corrected chi connectivity index (χ2v) is 8.14. The number of hydrogen-bond acceptors (Lipinski definition) is 5. The molecular formula is C21H24N4OS. The largest absolute Gasteiger partial charge is 0.350 e. The summed E-state index contributed by atoms with van der Waals surface area (Å²) in [6.45, 7) is 6.58. The third-order valence-corrected chi connectivity index (χ3v) is 6.35. The van der Waals surface area contributed by atoms with Crippen LogP contribution in [0.3, 0.4) is 0 Å². The van der Waals surface area contributed by atoms with E-state index < -0.39 is 0 Å². The monoisotopic (exact) mass is 380 g/mol. The number of aromatic nitrogens is 2. The second kappa shape index (κ2) is 7.64. The highest BCUT2D eigenvalue weighted by Gasteiger charge is 2.28. The van der Waals surface area contributed by atoms with Gasteiger partial charge in [0.1, 0.15) is 17.0 Å². The number of carbonyl (C=O) groups excluding carboxylic acids is 1. The Balaban J connectivity index is 1.49. The summed E-state index contributed by atoms with van der Waals surface area (Å²) in [4.78, 5) is 28.4. The van der Waals surface area contributed by atoms with Gasteiger partial charge in [-0.25, -0.2) is 9.97 Å². The van der Waals surface area contributed by atoms with Gasteiger partial charge in [-0.1, -0.05) is 37.3 Å². The molecule has 0 aliphatic carbocycles. The Bertz CT molecular complexity index is 940. The van der Waals surface area contributed by atoms with E-state index in [1.165, 1.54) is 4.88 Å². The number of carbonyl (C=O) groups is 1. The molecule has 140 valence electrons. The van der Waals surface area contributed by atoms with E-state index >= 15 is 0 Å². The van der Waals surface area contributed by atoms with Crippen molar-refractivity contribution in [1.29, 1.82) is 0 Å². The molecule has 1 aliphatic heterocycles. The van der Waals surface area contributed by atoms with Crippen molar-refractivity contribution in [3.05, 3.63) is 53.2 Å². The van der Waals surface area contributed by atoms with Crippen molar-refractivity contribution in [2.24, 2.45) is 0 Å². The summed E-state index contributed by atoms with van der Waals surface area (Å²) >= 11 is 1.74. The lowest BCUT2D eigenvalue weighted by Gasteiger charge is -2.40. The Hall–Kier alpha value is -2.47. The van der Waals surface area contributed by atoms with Crippen LogP contribution in [0.15, 0.2) is 42.7 Å². The van der Waals surface area contributed by atoms with Gasteiger partial charge >= 0.3 is 0 Å². The van der Waals surface area contributed by atoms with Gasteiger partial charge in [0.15, 0.2) is 0 Å². The average molecular weight is 381 g/mol. The predicted molar refractivity (Wildman–Crippen MR) is 110 cm³/mol. The number of anilines is 1. The highest BCUT2D eigenvalue weighted by molar-refractivity contribution is 7.18. The highest BCUT2D eigenvalue weighted by atomic mass is 32.1. The zero-order valence-corrected chi connectivity index (χ0v) is 16.6. The van der Waals surface area contributed by atoms with Gasteiger partial charge < -0.3 is 9.80 Å². The molecule has 1 atom stereocenters. The van der Waals surface area contributed by atoms with E-state index in [0.29, 0.717) is 6.42 Å². The van der Waals surface area contributed by atoms with Crippen LogP contribution in [0.1, 0.15) is 24.3 Å². The molecule has 0 spiro atoms. The summed E-state index contributed by atoms with van der Waals surface area (Å²) in [6, 6.07) is 12.4. The van der Waals surface area contributed by atoms with Gasteiger partial charge in [-0.2, -0.15) is 0 Å². The van der Waals surface area contributed by atoms with Crippen LogP contribution in [0.2, 0.25) is 0 Å². The molecule has 0 unspecified atom stereocenters. The van der Waals surface area contributed by atoms with Gasteiger partial charge in [0, 0.05) is 30.6 Å². The van der Waals surface area contributed by atoms with Gasteiger partial charge in [-0.15, -0.1) is 11.3 Å². The Morgan fingerprint density at radius 3 is 2.78 bits per heavy atom. The van der Waals surface area contributed by atoms with Gasteiger partial charge in [0.25, 0.3) is 0 Å². The van der Waals surface area contributed by atoms with Gasteiger partial charge in [-0.3, -0.25) is 4.79 Å². The fourth-order valence-electron chi connectivity index (χ4n) is 3.68. The number of thiophene rings is 1. The maximum absolute atomic E-state index is 12.7. The molecule has 6 heteroatoms. The fourth-order valence-corrected chi connectivity index (χ4v) is 4.61. The SMILES string of the molecule is CCc1cc2c(N3CCN(C(=O)Cc4ccccc4)C[C@@H]3C)ncnc2s1. The molecule has 0 saturated carbocycles. The number of rotatable bonds is 4. The third-order valence-electron chi connectivity index (χ3n) is 5.16. The topological polar surface area (TPSA) is 49.3 Å². The maximum Gasteiger partial charge on any atom is 0.227 e. The molecule has 0 N–H and O–H groups in total. The highest BCUT2D eigenvalue weighted by Crippen LogP contribution is 2.32. The lowest BCUT2D eigenvalue weighted by atomic mass is 10.1. The molecule has 27 heavy (non-hydrogen) atoms. The van der Waals surface area contributed by atoms with Gasteiger partial charge in [0.05, 0.1) is 11.8 Å². The van der Waals surface area contributed by atoms with Crippen molar-refractivity contribution in [2.75, 3.05) is 24.5 Å². The zero-order chi connectivity index (χ0) is 18.8. The van der Waals surface area contributed by atoms with Gasteiger partial charge in [0.2, 0.25) is 5.91 Å². The van der Waals surface area contributed by atoms with Crippen LogP contribution < -0.4 is 4.90 Å². The predicted octanol–water partition coefficient (Wildman–Crippen LogP) is 3.53. The molecule has 3 heterocycles. The first-order chi connectivity index (χ1) is 13.2. The van der Waals surface area contributed by atoms with E-state index in [0.717, 1.165) is 47.7 Å². The molecule has 5 nitrogen and oxygen atoms in total. The normalized spacial score (nSPS) is 17.5. The van der Waals surface area contributed by atoms with Crippen LogP contribution >= 0.6 is 11.3 Å². The van der Waals surface area contributed by atoms with Crippen LogP contribution in [0.25, 0.3) is 10.2 Å². The van der Waals surface area contributed by atoms with E-state index in [9.17, 15) is 4.79 Å². The zero-order valence-electron chi connectivity index (χ0n) is 15.8. The molecule has 1 aliphatic rings. The molecule has 3 aromatic rings. The first-order valence-electron chi connectivity index (χ1n) is 9.47. The van der Waals surface area contributed by atoms with Crippen LogP contribution in [0.5, 0.6) is 0 Å². The quantitative estimate of drug-likeness (QED) is 0.695. The lowest BCUT2D eigenvalue weighted by molar-refractivity contribution is -0.131. The standard InChI is InChI=1S/C21H24N4OS/c1-3-17-12-18-20(22-14-23-21(18)27-17)25-10-9-24(13-15(25)2)19(26)11-16-7-5-4-6-8-16/h4-8,12,14-15H,3,9-11,13H2,1-2H3/t15-/m0/s1. The molecule has 4 rings (SSSR count). The maximum atomic E-state index is 12.7. The van der Waals surface area contributed by atoms with Crippen LogP contribution in [0.4, 0.5) is 5.82 Å². The number of hydrogen-bond donors (Lipinski definition) is 0. The van der Waals surface area contributed by atoms with Crippen LogP contribution in [0, 0.1) is 0 Å². The number of aryl methyl sites for hydroxylation is 1. The van der Waals surface area contributed by atoms with Gasteiger partial charge in [-0.05, 0) is 25.0 Å². The molecule has 2 aromatic heterocycles. The van der Waals surface area contributed by atoms with Crippen molar-refractivity contribution in [3.63, 3.8) is 0 Å². The number of fused-ring (bicyclic) bond motifs is 1. The minimum atomic E-state index is 0.198. The number of benzene rings is 1. The minimum Gasteiger partial charge on any atom is -0.350 e. The molecular weight excluding hydrogens is 356 g/mol. The summed E-state index contributed by atoms with van der Waals surface area (Å²) in [5, 5.41) is 1.13. The first-order valence-corrected chi connectivity index (χ1v) is 10.3. The number of amides is 1. The van der Waals surface area contributed by atoms with Crippen molar-refractivity contribution in [1.82, 2.24) is 14.9 Å². The molecule has 1 amide bonds. The Morgan fingerprint density at radius 2 is 2.04 bits per heavy atom. The summed E-state index contributed by atoms with van der Waals surface area (Å²) in [7, 11) is 0. The average Bonchev–Trinajstić information content (AvgIpc) is 3.12. The first kappa shape index (κ1) is 17.9. The number of nitrogens with zero attached hydrogens (tertiary/aromatic N) is 4. The Labute approximate surface area is 163 Å². The smallest absolute Gasteiger partial charge is 0.227 e. The van der Waals surface area contributed by atoms with Crippen molar-refractivity contribution < 1.29 is 4.79 Å². The molecule has 1 saturated heterocycles. The third kappa shape index (κ3) is 3.67. The van der Waals surface area contributed by atoms with Crippen molar-refractivity contribution >= 4 is 33.3 Å². The van der Waals surface area contributed by atoms with E-state index in [1.807, 2.05) is 35.2 Å². The summed E-state index contributed by atoms with van der Waals surface area (Å²) in [5.41, 5.74) is 1.07. The van der Waals surface area contributed by atoms with E-state index in [1.54, 1.807) is 17.7 Å². The molecule has 0 bridgehead atoms. The molecule has 1 fully saturated rings. The summed E-state index contributed by atoms with van der Waals surface area (Å²) in [5.74, 6) is 1.20. The van der Waals surface area contributed by atoms with Crippen molar-refractivity contribution in [3.8, 4) is 0 Å². The minimum absolute atomic E-state index is 0.198. The van der Waals surface area contributed by atoms with E-state index in [2.05, 4.69) is 34.8 Å². The molecule has 1 aromatic carbocycles. The fraction of sp³-hybridized carbons (Fsp3) is 0.381. The Morgan fingerprint density at radius 1 is 1.22 bits per heavy atom. The van der Waals surface area contributed by atoms with E-state index in [4.69, 9.17) is 0 Å². The van der Waals surface area contributed by atoms with Crippen LogP contribution in [-0.2, 0) is 17.6 Å². The number of piperazine rings is 1. The molecule has 0 radical (unpaired) electrons. The Kier molecular flexibility index (Phi) is 5.07. The van der Waals surface area contributed by atoms with Crippen molar-refractivity contribution in [2.45, 2.75) is 32.7 Å². The summed E-state index contributed by atoms with van der Waals surface area (Å²) in [6.07, 6.45) is 3.14. The second-order valence-electron chi connectivity index (χ2n) is 7.03. The van der Waals surface area contributed by atoms with E-state index in [-0.39, 0.29) is 11.9 Å². The summed E-state index contributed by atoms with van der Waals surface area (Å²) < 4.78 is 0. The lowest BCUT2D eigenvalue weighted by Crippen LogP contribution is -2.54.